The Balaban J connectivity index is 2.21. The fourth-order valence-corrected chi connectivity index (χ4v) is 2.58. The van der Waals surface area contributed by atoms with Gasteiger partial charge in [0.05, 0.1) is 5.70 Å². The molecule has 2 heterocycles. The monoisotopic (exact) mass is 393 g/mol. The normalized spacial score (nSPS) is 17.3. The highest BCUT2D eigenvalue weighted by Crippen LogP contribution is 2.46. The Hall–Kier alpha value is -2.78. The molecule has 2 aromatic rings. The zero-order valence-corrected chi connectivity index (χ0v) is 13.2. The van der Waals surface area contributed by atoms with E-state index in [-0.39, 0.29) is 17.0 Å². The van der Waals surface area contributed by atoms with Crippen molar-refractivity contribution >= 4 is 5.70 Å². The molecule has 0 bridgehead atoms. The van der Waals surface area contributed by atoms with E-state index in [1.54, 1.807) is 0 Å². The molecule has 0 saturated heterocycles. The third-order valence-corrected chi connectivity index (χ3v) is 3.89. The van der Waals surface area contributed by atoms with Crippen molar-refractivity contribution in [3.63, 3.8) is 0 Å². The lowest BCUT2D eigenvalue weighted by Gasteiger charge is -2.27. The van der Waals surface area contributed by atoms with Crippen LogP contribution < -0.4 is 10.3 Å². The van der Waals surface area contributed by atoms with Gasteiger partial charge < -0.3 is 4.74 Å². The van der Waals surface area contributed by atoms with Gasteiger partial charge in [-0.3, -0.25) is 9.36 Å². The highest BCUT2D eigenvalue weighted by molar-refractivity contribution is 5.73. The van der Waals surface area contributed by atoms with E-state index in [0.717, 1.165) is 22.8 Å². The standard InChI is InChI=1S/C17H10F7NO2/c18-15(19)13-8-11(25-6-2-1-3-14(25)26)10-7-9(4-5-12(10)27-13)16(20,21)17(22,23)24/h1-8,13,15H. The van der Waals surface area contributed by atoms with Crippen LogP contribution in [-0.4, -0.2) is 23.3 Å². The topological polar surface area (TPSA) is 31.2 Å². The van der Waals surface area contributed by atoms with Crippen LogP contribution in [0.5, 0.6) is 5.75 Å². The molecule has 0 spiro atoms. The second-order valence-corrected chi connectivity index (χ2v) is 5.66. The molecule has 27 heavy (non-hydrogen) atoms. The summed E-state index contributed by atoms with van der Waals surface area (Å²) in [5.74, 6) is -5.51. The highest BCUT2D eigenvalue weighted by Gasteiger charge is 2.58. The van der Waals surface area contributed by atoms with Gasteiger partial charge in [0.15, 0.2) is 6.10 Å². The van der Waals surface area contributed by atoms with Gasteiger partial charge in [-0.2, -0.15) is 22.0 Å². The van der Waals surface area contributed by atoms with E-state index in [0.29, 0.717) is 12.1 Å². The predicted octanol–water partition coefficient (Wildman–Crippen LogP) is 4.42. The van der Waals surface area contributed by atoms with Gasteiger partial charge in [0.1, 0.15) is 5.75 Å². The first kappa shape index (κ1) is 19.0. The number of aromatic nitrogens is 1. The molecule has 1 aromatic carbocycles. The van der Waals surface area contributed by atoms with Crippen molar-refractivity contribution in [3.05, 3.63) is 70.2 Å². The van der Waals surface area contributed by atoms with Gasteiger partial charge >= 0.3 is 12.1 Å². The molecule has 1 aromatic heterocycles. The maximum absolute atomic E-state index is 13.7. The summed E-state index contributed by atoms with van der Waals surface area (Å²) in [4.78, 5) is 12.0. The van der Waals surface area contributed by atoms with Crippen LogP contribution in [0.25, 0.3) is 5.70 Å². The maximum atomic E-state index is 13.7. The zero-order chi connectivity index (χ0) is 20.0. The number of halogens is 7. The van der Waals surface area contributed by atoms with Crippen LogP contribution in [0.15, 0.2) is 53.5 Å². The minimum atomic E-state index is -5.85. The molecule has 1 aliphatic rings. The number of benzene rings is 1. The Morgan fingerprint density at radius 1 is 1.04 bits per heavy atom. The van der Waals surface area contributed by atoms with Crippen molar-refractivity contribution in [1.29, 1.82) is 0 Å². The summed E-state index contributed by atoms with van der Waals surface area (Å²) in [7, 11) is 0. The van der Waals surface area contributed by atoms with Gasteiger partial charge in [0, 0.05) is 23.4 Å². The number of ether oxygens (including phenoxy) is 1. The summed E-state index contributed by atoms with van der Waals surface area (Å²) in [6, 6.07) is 5.50. The average Bonchev–Trinajstić information content (AvgIpc) is 2.59. The van der Waals surface area contributed by atoms with Crippen molar-refractivity contribution in [2.24, 2.45) is 0 Å². The lowest BCUT2D eigenvalue weighted by atomic mass is 9.99. The summed E-state index contributed by atoms with van der Waals surface area (Å²) < 4.78 is 97.3. The molecule has 1 atom stereocenters. The van der Waals surface area contributed by atoms with E-state index in [9.17, 15) is 35.5 Å². The number of hydrogen-bond acceptors (Lipinski definition) is 2. The van der Waals surface area contributed by atoms with E-state index in [4.69, 9.17) is 4.74 Å². The van der Waals surface area contributed by atoms with Gasteiger partial charge in [-0.05, 0) is 30.3 Å². The fourth-order valence-electron chi connectivity index (χ4n) is 2.58. The van der Waals surface area contributed by atoms with Crippen LogP contribution >= 0.6 is 0 Å². The zero-order valence-electron chi connectivity index (χ0n) is 13.2. The summed E-state index contributed by atoms with van der Waals surface area (Å²) in [5.41, 5.74) is -2.69. The lowest BCUT2D eigenvalue weighted by molar-refractivity contribution is -0.289. The van der Waals surface area contributed by atoms with Gasteiger partial charge in [0.2, 0.25) is 0 Å². The van der Waals surface area contributed by atoms with Gasteiger partial charge in [-0.15, -0.1) is 0 Å². The Kier molecular flexibility index (Phi) is 4.52. The van der Waals surface area contributed by atoms with Crippen molar-refractivity contribution in [1.82, 2.24) is 4.57 Å². The molecule has 3 rings (SSSR count). The van der Waals surface area contributed by atoms with Crippen LogP contribution in [0.4, 0.5) is 30.7 Å². The first-order valence-corrected chi connectivity index (χ1v) is 7.46. The summed E-state index contributed by atoms with van der Waals surface area (Å²) in [6.07, 6.45) is -8.67. The van der Waals surface area contributed by atoms with Crippen LogP contribution in [0.3, 0.4) is 0 Å². The number of rotatable bonds is 3. The summed E-state index contributed by atoms with van der Waals surface area (Å²) >= 11 is 0. The van der Waals surface area contributed by atoms with Gasteiger partial charge in [-0.25, -0.2) is 8.78 Å². The largest absolute Gasteiger partial charge is 0.480 e. The number of fused-ring (bicyclic) bond motifs is 1. The number of alkyl halides is 7. The van der Waals surface area contributed by atoms with Crippen molar-refractivity contribution < 1.29 is 35.5 Å². The molecule has 0 N–H and O–H groups in total. The van der Waals surface area contributed by atoms with Crippen molar-refractivity contribution in [3.8, 4) is 5.75 Å². The van der Waals surface area contributed by atoms with Crippen LogP contribution in [0.1, 0.15) is 11.1 Å². The maximum Gasteiger partial charge on any atom is 0.458 e. The quantitative estimate of drug-likeness (QED) is 0.724. The first-order chi connectivity index (χ1) is 12.5. The average molecular weight is 393 g/mol. The first-order valence-electron chi connectivity index (χ1n) is 7.46. The molecule has 0 fully saturated rings. The van der Waals surface area contributed by atoms with Crippen LogP contribution in [0, 0.1) is 0 Å². The number of hydrogen-bond donors (Lipinski definition) is 0. The van der Waals surface area contributed by atoms with E-state index in [1.807, 2.05) is 0 Å². The smallest absolute Gasteiger partial charge is 0.458 e. The molecule has 0 radical (unpaired) electrons. The van der Waals surface area contributed by atoms with Gasteiger partial charge in [0.25, 0.3) is 12.0 Å². The molecule has 0 aliphatic carbocycles. The molecular formula is C17H10F7NO2. The lowest BCUT2D eigenvalue weighted by Crippen LogP contribution is -2.34. The van der Waals surface area contributed by atoms with E-state index in [1.165, 1.54) is 18.3 Å². The van der Waals surface area contributed by atoms with E-state index >= 15 is 0 Å². The Morgan fingerprint density at radius 2 is 1.74 bits per heavy atom. The third kappa shape index (κ3) is 3.31. The van der Waals surface area contributed by atoms with Gasteiger partial charge in [-0.1, -0.05) is 6.07 Å². The summed E-state index contributed by atoms with van der Waals surface area (Å²) in [5, 5.41) is 0. The predicted molar refractivity (Wildman–Crippen MR) is 80.9 cm³/mol. The SMILES string of the molecule is O=c1ccccn1C1=CC(C(F)F)Oc2ccc(C(F)(F)C(F)(F)F)cc21. The Labute approximate surface area is 147 Å². The molecular weight excluding hydrogens is 383 g/mol. The molecule has 10 heteroatoms. The Bertz CT molecular complexity index is 947. The Morgan fingerprint density at radius 3 is 2.33 bits per heavy atom. The molecule has 0 amide bonds. The van der Waals surface area contributed by atoms with Crippen LogP contribution in [-0.2, 0) is 5.92 Å². The molecule has 1 unspecified atom stereocenters. The molecule has 3 nitrogen and oxygen atoms in total. The minimum Gasteiger partial charge on any atom is -0.480 e. The van der Waals surface area contributed by atoms with E-state index < -0.39 is 35.8 Å². The molecule has 0 saturated carbocycles. The molecule has 1 aliphatic heterocycles. The fraction of sp³-hybridized carbons (Fsp3) is 0.235. The second-order valence-electron chi connectivity index (χ2n) is 5.66. The molecule has 144 valence electrons. The number of pyridine rings is 1. The van der Waals surface area contributed by atoms with E-state index in [2.05, 4.69) is 0 Å². The highest BCUT2D eigenvalue weighted by atomic mass is 19.4. The number of nitrogens with zero attached hydrogens (tertiary/aromatic N) is 1. The van der Waals surface area contributed by atoms with Crippen molar-refractivity contribution in [2.75, 3.05) is 0 Å². The van der Waals surface area contributed by atoms with Crippen LogP contribution in [0.2, 0.25) is 0 Å². The summed E-state index contributed by atoms with van der Waals surface area (Å²) in [6.45, 7) is 0. The minimum absolute atomic E-state index is 0.271. The van der Waals surface area contributed by atoms with Crippen molar-refractivity contribution in [2.45, 2.75) is 24.6 Å². The second kappa shape index (κ2) is 6.43. The third-order valence-electron chi connectivity index (χ3n) is 3.89.